The summed E-state index contributed by atoms with van der Waals surface area (Å²) in [4.78, 5) is 154. The van der Waals surface area contributed by atoms with Crippen LogP contribution >= 0.6 is 0 Å². The highest BCUT2D eigenvalue weighted by molar-refractivity contribution is 5.85. The second-order valence-electron chi connectivity index (χ2n) is 31.5. The minimum atomic E-state index is -1.15. The molecule has 0 amide bonds. The molecule has 9 heterocycles. The zero-order valence-corrected chi connectivity index (χ0v) is 68.4. The molecule has 6 aromatic rings. The molecule has 0 radical (unpaired) electrons. The molecular weight excluding hydrogens is 1490 g/mol. The van der Waals surface area contributed by atoms with Gasteiger partial charge in [0.1, 0.15) is 65.6 Å². The summed E-state index contributed by atoms with van der Waals surface area (Å²) >= 11 is 0. The van der Waals surface area contributed by atoms with E-state index < -0.39 is 65.6 Å². The number of nitrogens with zero attached hydrogens (tertiary/aromatic N) is 12. The summed E-state index contributed by atoms with van der Waals surface area (Å²) in [7, 11) is 0. The van der Waals surface area contributed by atoms with Gasteiger partial charge in [0, 0.05) is 128 Å². The van der Waals surface area contributed by atoms with E-state index in [0.29, 0.717) is 52.7 Å². The van der Waals surface area contributed by atoms with E-state index in [2.05, 4.69) is 82.0 Å². The maximum Gasteiger partial charge on any atom is 0.308 e. The predicted octanol–water partition coefficient (Wildman–Crippen LogP) is 10.4. The summed E-state index contributed by atoms with van der Waals surface area (Å²) in [6, 6.07) is 13.4. The van der Waals surface area contributed by atoms with E-state index in [0.717, 1.165) is 150 Å². The molecule has 0 spiro atoms. The summed E-state index contributed by atoms with van der Waals surface area (Å²) in [6.07, 6.45) is 17.7. The van der Waals surface area contributed by atoms with E-state index >= 15 is 0 Å². The highest BCUT2D eigenvalue weighted by atomic mass is 16.6. The molecule has 31 heteroatoms. The fourth-order valence-corrected chi connectivity index (χ4v) is 15.8. The van der Waals surface area contributed by atoms with Crippen LogP contribution in [-0.4, -0.2) is 197 Å². The Morgan fingerprint density at radius 2 is 0.733 bits per heavy atom. The molecule has 3 aliphatic carbocycles. The SMILES string of the molecule is CC(=O)COC(=O)CC(CNc1nc(C)nc(N2CCC(c3ccc4c(n3)CCCC4)CC2)c1C)C(=O)O.CC(=O)[C@H](C)OC(=O)CC(CNc1nc(C)nc(N2CCC(c3ccc4c(n3)CCCC4)CC2)c1C)C(=O)O.Cc1nc(NCC(CC(=O)OCCC(=O)O)C(=O)O)c(C)c(N2CCC(c3ccc4c(n3)CCCC4)CC2)n1. The number of anilines is 6. The van der Waals surface area contributed by atoms with Crippen molar-refractivity contribution in [3.63, 3.8) is 0 Å². The zero-order valence-electron chi connectivity index (χ0n) is 68.4. The first-order valence-corrected chi connectivity index (χ1v) is 40.9. The van der Waals surface area contributed by atoms with Crippen LogP contribution in [0.2, 0.25) is 0 Å². The van der Waals surface area contributed by atoms with Gasteiger partial charge in [-0.15, -0.1) is 0 Å². The van der Waals surface area contributed by atoms with Crippen molar-refractivity contribution in [1.82, 2.24) is 44.9 Å². The van der Waals surface area contributed by atoms with Crippen molar-refractivity contribution in [3.05, 3.63) is 121 Å². The Morgan fingerprint density at radius 1 is 0.422 bits per heavy atom. The number of carboxylic acids is 4. The van der Waals surface area contributed by atoms with E-state index in [-0.39, 0.29) is 70.1 Å². The first kappa shape index (κ1) is 87.5. The van der Waals surface area contributed by atoms with Crippen LogP contribution in [0.25, 0.3) is 0 Å². The number of rotatable bonds is 31. The van der Waals surface area contributed by atoms with Crippen molar-refractivity contribution in [2.45, 2.75) is 227 Å². The molecule has 624 valence electrons. The highest BCUT2D eigenvalue weighted by Gasteiger charge is 2.33. The predicted molar refractivity (Wildman–Crippen MR) is 434 cm³/mol. The maximum atomic E-state index is 12.2. The number of hydrogen-bond donors (Lipinski definition) is 7. The van der Waals surface area contributed by atoms with Crippen LogP contribution in [0.5, 0.6) is 0 Å². The Balaban J connectivity index is 0.000000184. The number of hydrogen-bond acceptors (Lipinski definition) is 27. The Bertz CT molecular complexity index is 4520. The van der Waals surface area contributed by atoms with Gasteiger partial charge in [-0.25, -0.2) is 29.9 Å². The second kappa shape index (κ2) is 41.6. The third-order valence-corrected chi connectivity index (χ3v) is 22.7. The van der Waals surface area contributed by atoms with Gasteiger partial charge in [-0.2, -0.15) is 0 Å². The normalized spacial score (nSPS) is 16.6. The minimum Gasteiger partial charge on any atom is -0.481 e. The molecule has 0 aromatic carbocycles. The van der Waals surface area contributed by atoms with Gasteiger partial charge in [0.2, 0.25) is 0 Å². The molecule has 3 fully saturated rings. The van der Waals surface area contributed by atoms with Crippen LogP contribution in [0, 0.1) is 59.3 Å². The van der Waals surface area contributed by atoms with E-state index in [1.54, 1.807) is 6.92 Å². The number of piperidine rings is 3. The average Bonchev–Trinajstić information content (AvgIpc) is 0.808. The molecule has 6 aliphatic rings. The number of Topliss-reactive ketones (excluding diaryl/α,β-unsaturated/α-hetero) is 2. The number of aryl methyl sites for hydroxylation is 9. The fourth-order valence-electron chi connectivity index (χ4n) is 15.8. The van der Waals surface area contributed by atoms with Gasteiger partial charge in [-0.3, -0.25) is 58.1 Å². The van der Waals surface area contributed by atoms with Crippen LogP contribution in [0.15, 0.2) is 36.4 Å². The third kappa shape index (κ3) is 24.6. The lowest BCUT2D eigenvalue weighted by atomic mass is 9.90. The summed E-state index contributed by atoms with van der Waals surface area (Å²) in [6.45, 7) is 19.6. The monoisotopic (exact) mass is 1600 g/mol. The van der Waals surface area contributed by atoms with Crippen molar-refractivity contribution in [3.8, 4) is 0 Å². The largest absolute Gasteiger partial charge is 0.481 e. The number of carbonyl (C=O) groups excluding carboxylic acids is 5. The highest BCUT2D eigenvalue weighted by Crippen LogP contribution is 2.38. The summed E-state index contributed by atoms with van der Waals surface area (Å²) < 4.78 is 14.7. The number of pyridine rings is 3. The smallest absolute Gasteiger partial charge is 0.308 e. The molecule has 0 saturated carbocycles. The number of esters is 3. The molecule has 3 saturated heterocycles. The number of fused-ring (bicyclic) bond motifs is 3. The number of ketones is 2. The molecule has 7 N–H and O–H groups in total. The number of ether oxygens (including phenoxy) is 3. The van der Waals surface area contributed by atoms with Crippen LogP contribution in [0.1, 0.15) is 226 Å². The second-order valence-corrected chi connectivity index (χ2v) is 31.5. The Labute approximate surface area is 677 Å². The van der Waals surface area contributed by atoms with Crippen molar-refractivity contribution in [2.75, 3.05) is 103 Å². The van der Waals surface area contributed by atoms with Crippen LogP contribution in [-0.2, 0) is 95.9 Å². The molecule has 3 aliphatic heterocycles. The molecule has 4 atom stereocenters. The van der Waals surface area contributed by atoms with Gasteiger partial charge in [0.15, 0.2) is 17.7 Å². The van der Waals surface area contributed by atoms with Gasteiger partial charge in [-0.05, 0) is 213 Å². The van der Waals surface area contributed by atoms with Crippen LogP contribution < -0.4 is 30.7 Å². The van der Waals surface area contributed by atoms with E-state index in [9.17, 15) is 58.5 Å². The minimum absolute atomic E-state index is 0.00664. The fraction of sp³-hybridized carbons (Fsp3) is 0.576. The van der Waals surface area contributed by atoms with Gasteiger partial charge < -0.3 is 65.3 Å². The van der Waals surface area contributed by atoms with Crippen molar-refractivity contribution in [2.24, 2.45) is 17.8 Å². The van der Waals surface area contributed by atoms with E-state index in [4.69, 9.17) is 49.2 Å². The molecule has 3 unspecified atom stereocenters. The van der Waals surface area contributed by atoms with E-state index in [1.165, 1.54) is 110 Å². The molecule has 0 bridgehead atoms. The molecule has 31 nitrogen and oxygen atoms in total. The van der Waals surface area contributed by atoms with Crippen LogP contribution in [0.3, 0.4) is 0 Å². The maximum absolute atomic E-state index is 12.2. The van der Waals surface area contributed by atoms with Gasteiger partial charge in [-0.1, -0.05) is 18.2 Å². The van der Waals surface area contributed by atoms with Gasteiger partial charge in [0.25, 0.3) is 0 Å². The Morgan fingerprint density at radius 3 is 1.03 bits per heavy atom. The Kier molecular flexibility index (Phi) is 31.4. The first-order valence-electron chi connectivity index (χ1n) is 40.9. The lowest BCUT2D eigenvalue weighted by Crippen LogP contribution is -2.35. The first-order chi connectivity index (χ1) is 55.5. The summed E-state index contributed by atoms with van der Waals surface area (Å²) in [5, 5.41) is 46.8. The van der Waals surface area contributed by atoms with Gasteiger partial charge >= 0.3 is 41.8 Å². The number of carboxylic acid groups (broad SMARTS) is 4. The lowest BCUT2D eigenvalue weighted by molar-refractivity contribution is -0.157. The summed E-state index contributed by atoms with van der Waals surface area (Å²) in [5.41, 5.74) is 14.1. The molecular formula is C85H113N15O16. The Hall–Kier alpha value is -10.9. The number of aliphatic carboxylic acids is 4. The quantitative estimate of drug-likeness (QED) is 0.0157. The van der Waals surface area contributed by atoms with Crippen molar-refractivity contribution in [1.29, 1.82) is 0 Å². The molecule has 6 aromatic heterocycles. The topological polar surface area (TPSA) is 424 Å². The summed E-state index contributed by atoms with van der Waals surface area (Å²) in [5.74, 6) is -3.27. The lowest BCUT2D eigenvalue weighted by Gasteiger charge is -2.34. The third-order valence-electron chi connectivity index (χ3n) is 22.7. The number of aromatic nitrogens is 9. The molecule has 12 rings (SSSR count). The average molecular weight is 1600 g/mol. The number of nitrogens with one attached hydrogen (secondary N) is 3. The van der Waals surface area contributed by atoms with Gasteiger partial charge in [0.05, 0.1) is 43.4 Å². The zero-order chi connectivity index (χ0) is 83.3. The van der Waals surface area contributed by atoms with Crippen molar-refractivity contribution >= 4 is 88.3 Å². The van der Waals surface area contributed by atoms with Crippen molar-refractivity contribution < 1.29 is 77.8 Å². The molecule has 116 heavy (non-hydrogen) atoms. The standard InChI is InChI=1S/C29H39N5O5.C28H37N5O6.C28H37N5O5/c1-17-27(30-16-23(29(37)38)15-26(36)39-19(3)18(2)35)31-20(4)32-28(17)34-13-11-22(12-14-34)25-10-9-21-7-5-6-8-24(21)33-25;1-17-26(29-16-21(28(37)38)15-25(36)39-14-11-24(34)35)30-18(2)31-27(17)33-12-9-20(10-13-33)23-8-7-19-5-3-4-6-22(19)32-23;1-17(34)16-38-25(35)14-22(28(36)37)15-29-26-18(2)27(31-19(3)30-26)33-12-10-21(11-13-33)24-9-8-20-6-4-5-7-23(20)32-24/h9-10,19,22-23H,5-8,11-16H2,1-4H3,(H,37,38)(H,30,31,32);7-8,20-21H,3-6,9-16H2,1-2H3,(H,34,35)(H,37,38)(H,29,30,31);8-9,21-22H,4-7,10-16H2,1-3H3,(H,36,37)(H,29,30,31)/t19-,23?;;/m0../s1. The van der Waals surface area contributed by atoms with E-state index in [1.807, 2.05) is 34.6 Å². The van der Waals surface area contributed by atoms with Crippen LogP contribution in [0.4, 0.5) is 34.9 Å². The number of carbonyl (C=O) groups is 9.